The molecular formula is C23H23N3O2S2. The lowest BCUT2D eigenvalue weighted by Crippen LogP contribution is -2.30. The Labute approximate surface area is 181 Å². The molecule has 0 saturated carbocycles. The predicted octanol–water partition coefficient (Wildman–Crippen LogP) is 5.74. The summed E-state index contributed by atoms with van der Waals surface area (Å²) in [6.07, 6.45) is 0. The molecule has 154 valence electrons. The molecule has 0 fully saturated rings. The Hall–Kier alpha value is -2.74. The maximum atomic E-state index is 12.7. The second kappa shape index (κ2) is 8.55. The number of sulfonamides is 1. The van der Waals surface area contributed by atoms with E-state index >= 15 is 0 Å². The van der Waals surface area contributed by atoms with E-state index in [-0.39, 0.29) is 0 Å². The van der Waals surface area contributed by atoms with E-state index in [2.05, 4.69) is 28.5 Å². The van der Waals surface area contributed by atoms with Gasteiger partial charge >= 0.3 is 0 Å². The highest BCUT2D eigenvalue weighted by Gasteiger charge is 2.21. The van der Waals surface area contributed by atoms with Gasteiger partial charge in [-0.25, -0.2) is 13.4 Å². The van der Waals surface area contributed by atoms with E-state index in [4.69, 9.17) is 0 Å². The number of fused-ring (bicyclic) bond motifs is 1. The quantitative estimate of drug-likeness (QED) is 0.401. The third-order valence-corrected chi connectivity index (χ3v) is 7.85. The van der Waals surface area contributed by atoms with E-state index in [1.165, 1.54) is 21.0 Å². The molecule has 0 aliphatic rings. The van der Waals surface area contributed by atoms with Crippen molar-refractivity contribution in [2.24, 2.45) is 0 Å². The van der Waals surface area contributed by atoms with Crippen LogP contribution in [0.3, 0.4) is 0 Å². The van der Waals surface area contributed by atoms with Gasteiger partial charge in [0.15, 0.2) is 5.13 Å². The fourth-order valence-corrected chi connectivity index (χ4v) is 5.61. The van der Waals surface area contributed by atoms with Crippen LogP contribution in [-0.2, 0) is 10.0 Å². The molecular weight excluding hydrogens is 414 g/mol. The van der Waals surface area contributed by atoms with Gasteiger partial charge in [-0.1, -0.05) is 62.4 Å². The molecule has 0 unspecified atom stereocenters. The van der Waals surface area contributed by atoms with Crippen molar-refractivity contribution in [3.05, 3.63) is 72.1 Å². The zero-order chi connectivity index (χ0) is 21.1. The minimum atomic E-state index is -3.45. The number of benzene rings is 3. The normalized spacial score (nSPS) is 11.8. The van der Waals surface area contributed by atoms with Crippen LogP contribution < -0.4 is 5.32 Å². The lowest BCUT2D eigenvalue weighted by atomic mass is 10.1. The summed E-state index contributed by atoms with van der Waals surface area (Å²) in [6, 6.07) is 21.3. The average molecular weight is 438 g/mol. The summed E-state index contributed by atoms with van der Waals surface area (Å²) in [7, 11) is -3.45. The third-order valence-electron chi connectivity index (χ3n) is 5.03. The van der Waals surface area contributed by atoms with Crippen molar-refractivity contribution >= 4 is 43.0 Å². The summed E-state index contributed by atoms with van der Waals surface area (Å²) in [5.74, 6) is 0. The number of hydrogen-bond donors (Lipinski definition) is 1. The number of thiazole rings is 1. The van der Waals surface area contributed by atoms with Gasteiger partial charge in [0.25, 0.3) is 0 Å². The van der Waals surface area contributed by atoms with E-state index in [9.17, 15) is 8.42 Å². The summed E-state index contributed by atoms with van der Waals surface area (Å²) >= 11 is 1.52. The monoisotopic (exact) mass is 437 g/mol. The molecule has 3 aromatic carbocycles. The van der Waals surface area contributed by atoms with Gasteiger partial charge in [-0.05, 0) is 23.6 Å². The van der Waals surface area contributed by atoms with Crippen LogP contribution in [-0.4, -0.2) is 30.8 Å². The number of nitrogens with zero attached hydrogens (tertiary/aromatic N) is 2. The Kier molecular flexibility index (Phi) is 5.85. The third kappa shape index (κ3) is 3.96. The van der Waals surface area contributed by atoms with Gasteiger partial charge in [-0.2, -0.15) is 4.31 Å². The minimum absolute atomic E-state index is 0.305. The Balaban J connectivity index is 1.57. The highest BCUT2D eigenvalue weighted by molar-refractivity contribution is 7.89. The first kappa shape index (κ1) is 20.5. The maximum absolute atomic E-state index is 12.7. The van der Waals surface area contributed by atoms with Crippen molar-refractivity contribution in [2.75, 3.05) is 18.4 Å². The summed E-state index contributed by atoms with van der Waals surface area (Å²) in [5.41, 5.74) is 2.71. The molecule has 1 aromatic heterocycles. The number of nitrogens with one attached hydrogen (secondary N) is 1. The zero-order valence-electron chi connectivity index (χ0n) is 16.9. The van der Waals surface area contributed by atoms with E-state index in [0.29, 0.717) is 18.0 Å². The molecule has 5 nitrogen and oxygen atoms in total. The fourth-order valence-electron chi connectivity index (χ4n) is 3.42. The molecule has 1 heterocycles. The van der Waals surface area contributed by atoms with Gasteiger partial charge < -0.3 is 5.32 Å². The van der Waals surface area contributed by atoms with Crippen LogP contribution in [0.4, 0.5) is 10.8 Å². The van der Waals surface area contributed by atoms with Crippen LogP contribution in [0.1, 0.15) is 13.8 Å². The highest BCUT2D eigenvalue weighted by atomic mass is 32.2. The molecule has 30 heavy (non-hydrogen) atoms. The number of anilines is 2. The molecule has 4 aromatic rings. The van der Waals surface area contributed by atoms with Crippen LogP contribution in [0, 0.1) is 0 Å². The van der Waals surface area contributed by atoms with E-state index in [1.807, 2.05) is 55.6 Å². The summed E-state index contributed by atoms with van der Waals surface area (Å²) < 4.78 is 26.8. The number of hydrogen-bond acceptors (Lipinski definition) is 5. The smallest absolute Gasteiger partial charge is 0.243 e. The van der Waals surface area contributed by atoms with Gasteiger partial charge in [0, 0.05) is 35.1 Å². The Morgan fingerprint density at radius 2 is 1.63 bits per heavy atom. The predicted molar refractivity (Wildman–Crippen MR) is 125 cm³/mol. The summed E-state index contributed by atoms with van der Waals surface area (Å²) in [4.78, 5) is 4.99. The van der Waals surface area contributed by atoms with Crippen molar-refractivity contribution in [3.63, 3.8) is 0 Å². The van der Waals surface area contributed by atoms with Crippen molar-refractivity contribution < 1.29 is 8.42 Å². The first-order valence-electron chi connectivity index (χ1n) is 9.84. The van der Waals surface area contributed by atoms with Crippen molar-refractivity contribution in [3.8, 4) is 11.3 Å². The van der Waals surface area contributed by atoms with Crippen LogP contribution in [0.5, 0.6) is 0 Å². The topological polar surface area (TPSA) is 62.3 Å². The molecule has 0 atom stereocenters. The summed E-state index contributed by atoms with van der Waals surface area (Å²) in [5, 5.41) is 8.49. The average Bonchev–Trinajstić information content (AvgIpc) is 3.23. The second-order valence-corrected chi connectivity index (χ2v) is 9.60. The first-order chi connectivity index (χ1) is 14.5. The SMILES string of the molecule is CCN(CC)S(=O)(=O)c1ccc(-c2csc(Nc3cccc4ccccc34)n2)cc1. The molecule has 4 rings (SSSR count). The molecule has 0 aliphatic carbocycles. The standard InChI is InChI=1S/C23H23N3O2S2/c1-3-26(4-2)30(27,28)19-14-12-18(13-15-19)22-16-29-23(25-22)24-21-11-7-9-17-8-5-6-10-20(17)21/h5-16H,3-4H2,1-2H3,(H,24,25). The van der Waals surface area contributed by atoms with Crippen molar-refractivity contribution in [2.45, 2.75) is 18.7 Å². The lowest BCUT2D eigenvalue weighted by Gasteiger charge is -2.18. The molecule has 0 radical (unpaired) electrons. The van der Waals surface area contributed by atoms with Crippen LogP contribution in [0.15, 0.2) is 77.0 Å². The van der Waals surface area contributed by atoms with Crippen molar-refractivity contribution in [1.29, 1.82) is 0 Å². The summed E-state index contributed by atoms with van der Waals surface area (Å²) in [6.45, 7) is 4.59. The van der Waals surface area contributed by atoms with Crippen molar-refractivity contribution in [1.82, 2.24) is 9.29 Å². The van der Waals surface area contributed by atoms with Gasteiger partial charge in [-0.3, -0.25) is 0 Å². The van der Waals surface area contributed by atoms with Crippen LogP contribution >= 0.6 is 11.3 Å². The number of rotatable bonds is 7. The molecule has 7 heteroatoms. The Bertz CT molecular complexity index is 1260. The van der Waals surface area contributed by atoms with Crippen LogP contribution in [0.2, 0.25) is 0 Å². The van der Waals surface area contributed by atoms with Gasteiger partial charge in [-0.15, -0.1) is 11.3 Å². The van der Waals surface area contributed by atoms with Gasteiger partial charge in [0.05, 0.1) is 10.6 Å². The van der Waals surface area contributed by atoms with Gasteiger partial charge in [0.1, 0.15) is 0 Å². The molecule has 0 bridgehead atoms. The van der Waals surface area contributed by atoms with E-state index in [1.54, 1.807) is 12.1 Å². The minimum Gasteiger partial charge on any atom is -0.331 e. The first-order valence-corrected chi connectivity index (χ1v) is 12.2. The molecule has 0 spiro atoms. The second-order valence-electron chi connectivity index (χ2n) is 6.80. The zero-order valence-corrected chi connectivity index (χ0v) is 18.5. The van der Waals surface area contributed by atoms with Crippen LogP contribution in [0.25, 0.3) is 22.0 Å². The molecule has 1 N–H and O–H groups in total. The Morgan fingerprint density at radius 1 is 0.933 bits per heavy atom. The molecule has 0 saturated heterocycles. The Morgan fingerprint density at radius 3 is 2.37 bits per heavy atom. The molecule has 0 aliphatic heterocycles. The number of aromatic nitrogens is 1. The van der Waals surface area contributed by atoms with E-state index < -0.39 is 10.0 Å². The fraction of sp³-hybridized carbons (Fsp3) is 0.174. The lowest BCUT2D eigenvalue weighted by molar-refractivity contribution is 0.445. The molecule has 0 amide bonds. The van der Waals surface area contributed by atoms with Gasteiger partial charge in [0.2, 0.25) is 10.0 Å². The maximum Gasteiger partial charge on any atom is 0.243 e. The van der Waals surface area contributed by atoms with E-state index in [0.717, 1.165) is 27.5 Å². The highest BCUT2D eigenvalue weighted by Crippen LogP contribution is 2.31. The largest absolute Gasteiger partial charge is 0.331 e.